The number of nitrogens with zero attached hydrogens (tertiary/aromatic N) is 3. The number of amides is 1. The molecular weight excluding hydrogens is 284 g/mol. The van der Waals surface area contributed by atoms with Gasteiger partial charge in [0.25, 0.3) is 17.3 Å². The molecule has 0 unspecified atom stereocenters. The van der Waals surface area contributed by atoms with Crippen molar-refractivity contribution < 1.29 is 19.4 Å². The summed E-state index contributed by atoms with van der Waals surface area (Å²) in [6.07, 6.45) is 0. The Bertz CT molecular complexity index is 611. The van der Waals surface area contributed by atoms with E-state index < -0.39 is 27.1 Å². The maximum absolute atomic E-state index is 12.3. The van der Waals surface area contributed by atoms with Crippen molar-refractivity contribution in [3.05, 3.63) is 37.9 Å². The third kappa shape index (κ3) is 2.89. The molecule has 0 radical (unpaired) electrons. The highest BCUT2D eigenvalue weighted by molar-refractivity contribution is 6.02. The van der Waals surface area contributed by atoms with Crippen LogP contribution in [0.1, 0.15) is 10.4 Å². The van der Waals surface area contributed by atoms with Gasteiger partial charge >= 0.3 is 0 Å². The first kappa shape index (κ1) is 14.7. The van der Waals surface area contributed by atoms with E-state index in [0.717, 1.165) is 12.1 Å². The van der Waals surface area contributed by atoms with Gasteiger partial charge in [0, 0.05) is 19.2 Å². The van der Waals surface area contributed by atoms with Crippen LogP contribution in [0.3, 0.4) is 0 Å². The number of nitrogens with two attached hydrogens (primary N) is 1. The topological polar surface area (TPSA) is 142 Å². The number of carbonyl (C=O) groups excluding carboxylic acids is 1. The summed E-state index contributed by atoms with van der Waals surface area (Å²) in [5.41, 5.74) is 3.81. The highest BCUT2D eigenvalue weighted by atomic mass is 16.6. The lowest BCUT2D eigenvalue weighted by molar-refractivity contribution is -0.393. The van der Waals surface area contributed by atoms with Crippen molar-refractivity contribution in [2.24, 2.45) is 0 Å². The lowest BCUT2D eigenvalue weighted by Crippen LogP contribution is -2.41. The van der Waals surface area contributed by atoms with E-state index in [4.69, 9.17) is 10.5 Å². The van der Waals surface area contributed by atoms with E-state index in [0.29, 0.717) is 26.3 Å². The molecule has 10 nitrogen and oxygen atoms in total. The molecule has 1 heterocycles. The smallest absolute Gasteiger partial charge is 0.299 e. The Balaban J connectivity index is 2.48. The van der Waals surface area contributed by atoms with Gasteiger partial charge in [-0.25, -0.2) is 0 Å². The van der Waals surface area contributed by atoms with E-state index in [2.05, 4.69) is 0 Å². The average Bonchev–Trinajstić information content (AvgIpc) is 2.47. The second-order valence-electron chi connectivity index (χ2n) is 4.34. The molecule has 1 fully saturated rings. The monoisotopic (exact) mass is 296 g/mol. The highest BCUT2D eigenvalue weighted by Crippen LogP contribution is 2.31. The van der Waals surface area contributed by atoms with Crippen molar-refractivity contribution in [3.8, 4) is 0 Å². The molecule has 2 N–H and O–H groups in total. The molecule has 0 atom stereocenters. The van der Waals surface area contributed by atoms with Crippen molar-refractivity contribution in [2.75, 3.05) is 32.0 Å². The SMILES string of the molecule is Nc1c(C(=O)N2CCOCC2)cc([N+](=O)[O-])cc1[N+](=O)[O-]. The Labute approximate surface area is 118 Å². The molecular formula is C11H12N4O6. The van der Waals surface area contributed by atoms with Gasteiger partial charge in [0.05, 0.1) is 34.7 Å². The summed E-state index contributed by atoms with van der Waals surface area (Å²) >= 11 is 0. The first-order chi connectivity index (χ1) is 9.91. The fourth-order valence-corrected chi connectivity index (χ4v) is 1.99. The fourth-order valence-electron chi connectivity index (χ4n) is 1.99. The minimum atomic E-state index is -0.849. The van der Waals surface area contributed by atoms with Crippen molar-refractivity contribution in [2.45, 2.75) is 0 Å². The lowest BCUT2D eigenvalue weighted by atomic mass is 10.1. The van der Waals surface area contributed by atoms with E-state index in [-0.39, 0.29) is 11.3 Å². The molecule has 2 rings (SSSR count). The van der Waals surface area contributed by atoms with Crippen LogP contribution < -0.4 is 5.73 Å². The second-order valence-corrected chi connectivity index (χ2v) is 4.34. The summed E-state index contributed by atoms with van der Waals surface area (Å²) in [6.45, 7) is 1.27. The molecule has 0 saturated carbocycles. The predicted molar refractivity (Wildman–Crippen MR) is 70.9 cm³/mol. The van der Waals surface area contributed by atoms with Gasteiger partial charge in [-0.3, -0.25) is 25.0 Å². The molecule has 1 aromatic carbocycles. The van der Waals surface area contributed by atoms with E-state index in [9.17, 15) is 25.0 Å². The first-order valence-electron chi connectivity index (χ1n) is 6.01. The summed E-state index contributed by atoms with van der Waals surface area (Å²) in [5.74, 6) is -0.581. The normalized spacial score (nSPS) is 14.8. The van der Waals surface area contributed by atoms with Gasteiger partial charge in [-0.15, -0.1) is 0 Å². The Morgan fingerprint density at radius 1 is 1.19 bits per heavy atom. The van der Waals surface area contributed by atoms with Crippen LogP contribution in [0.25, 0.3) is 0 Å². The second kappa shape index (κ2) is 5.71. The molecule has 1 aromatic rings. The Morgan fingerprint density at radius 3 is 2.33 bits per heavy atom. The van der Waals surface area contributed by atoms with Gasteiger partial charge in [-0.1, -0.05) is 0 Å². The number of morpholine rings is 1. The molecule has 0 aliphatic carbocycles. The van der Waals surface area contributed by atoms with Crippen LogP contribution >= 0.6 is 0 Å². The van der Waals surface area contributed by atoms with Crippen molar-refractivity contribution in [1.82, 2.24) is 4.90 Å². The zero-order valence-corrected chi connectivity index (χ0v) is 10.9. The van der Waals surface area contributed by atoms with Gasteiger partial charge in [0.2, 0.25) is 0 Å². The van der Waals surface area contributed by atoms with Crippen molar-refractivity contribution >= 4 is 23.0 Å². The van der Waals surface area contributed by atoms with Gasteiger partial charge in [-0.05, 0) is 0 Å². The third-order valence-corrected chi connectivity index (χ3v) is 3.08. The maximum Gasteiger partial charge on any atom is 0.299 e. The number of nitro groups is 2. The minimum Gasteiger partial charge on any atom is -0.392 e. The third-order valence-electron chi connectivity index (χ3n) is 3.08. The summed E-state index contributed by atoms with van der Waals surface area (Å²) in [5, 5.41) is 21.7. The lowest BCUT2D eigenvalue weighted by Gasteiger charge is -2.27. The van der Waals surface area contributed by atoms with Crippen LogP contribution in [-0.2, 0) is 4.74 Å². The van der Waals surface area contributed by atoms with Crippen molar-refractivity contribution in [1.29, 1.82) is 0 Å². The van der Waals surface area contributed by atoms with Crippen LogP contribution in [-0.4, -0.2) is 47.0 Å². The van der Waals surface area contributed by atoms with Gasteiger partial charge < -0.3 is 15.4 Å². The molecule has 1 saturated heterocycles. The fraction of sp³-hybridized carbons (Fsp3) is 0.364. The number of hydrogen-bond donors (Lipinski definition) is 1. The van der Waals surface area contributed by atoms with Crippen LogP contribution in [0.4, 0.5) is 17.1 Å². The number of nitrogen functional groups attached to an aromatic ring is 1. The Kier molecular flexibility index (Phi) is 3.98. The van der Waals surface area contributed by atoms with Gasteiger partial charge in [0.15, 0.2) is 0 Å². The molecule has 21 heavy (non-hydrogen) atoms. The predicted octanol–water partition coefficient (Wildman–Crippen LogP) is 0.558. The Morgan fingerprint density at radius 2 is 1.81 bits per heavy atom. The highest BCUT2D eigenvalue weighted by Gasteiger charge is 2.28. The van der Waals surface area contributed by atoms with Crippen LogP contribution in [0, 0.1) is 20.2 Å². The molecule has 112 valence electrons. The molecule has 10 heteroatoms. The standard InChI is InChI=1S/C11H12N4O6/c12-10-8(11(16)13-1-3-21-4-2-13)5-7(14(17)18)6-9(10)15(19)20/h5-6H,1-4,12H2. The minimum absolute atomic E-state index is 0.238. The number of nitro benzene ring substituents is 2. The molecule has 0 bridgehead atoms. The van der Waals surface area contributed by atoms with Crippen LogP contribution in [0.15, 0.2) is 12.1 Å². The molecule has 1 amide bonds. The van der Waals surface area contributed by atoms with Crippen LogP contribution in [0.2, 0.25) is 0 Å². The number of carbonyl (C=O) groups is 1. The summed E-state index contributed by atoms with van der Waals surface area (Å²) in [4.78, 5) is 33.8. The van der Waals surface area contributed by atoms with E-state index in [1.807, 2.05) is 0 Å². The quantitative estimate of drug-likeness (QED) is 0.487. The zero-order valence-electron chi connectivity index (χ0n) is 10.9. The molecule has 0 aromatic heterocycles. The van der Waals surface area contributed by atoms with E-state index in [1.165, 1.54) is 4.90 Å². The van der Waals surface area contributed by atoms with Crippen molar-refractivity contribution in [3.63, 3.8) is 0 Å². The summed E-state index contributed by atoms with van der Waals surface area (Å²) in [6, 6.07) is 1.70. The summed E-state index contributed by atoms with van der Waals surface area (Å²) < 4.78 is 5.10. The van der Waals surface area contributed by atoms with E-state index >= 15 is 0 Å². The number of anilines is 1. The average molecular weight is 296 g/mol. The number of non-ortho nitro benzene ring substituents is 1. The van der Waals surface area contributed by atoms with Gasteiger partial charge in [-0.2, -0.15) is 0 Å². The number of hydrogen-bond acceptors (Lipinski definition) is 7. The maximum atomic E-state index is 12.3. The van der Waals surface area contributed by atoms with Gasteiger partial charge in [0.1, 0.15) is 5.69 Å². The zero-order chi connectivity index (χ0) is 15.6. The molecule has 0 spiro atoms. The van der Waals surface area contributed by atoms with Crippen LogP contribution in [0.5, 0.6) is 0 Å². The number of benzene rings is 1. The molecule has 1 aliphatic heterocycles. The Hall–Kier alpha value is -2.75. The largest absolute Gasteiger partial charge is 0.392 e. The number of ether oxygens (including phenoxy) is 1. The van der Waals surface area contributed by atoms with E-state index in [1.54, 1.807) is 0 Å². The summed E-state index contributed by atoms with van der Waals surface area (Å²) in [7, 11) is 0. The molecule has 1 aliphatic rings. The first-order valence-corrected chi connectivity index (χ1v) is 6.01. The number of rotatable bonds is 3.